The first-order valence-corrected chi connectivity index (χ1v) is 9.60. The molecule has 0 radical (unpaired) electrons. The number of aryl methyl sites for hydroxylation is 1. The number of para-hydroxylation sites is 1. The van der Waals surface area contributed by atoms with Crippen molar-refractivity contribution in [1.82, 2.24) is 20.0 Å². The summed E-state index contributed by atoms with van der Waals surface area (Å²) < 4.78 is 1.65. The summed E-state index contributed by atoms with van der Waals surface area (Å²) in [6, 6.07) is 8.61. The summed E-state index contributed by atoms with van der Waals surface area (Å²) in [6.07, 6.45) is 3.61. The third-order valence-electron chi connectivity index (χ3n) is 4.93. The minimum atomic E-state index is -0.588. The molecule has 3 rings (SSSR count). The maximum Gasteiger partial charge on any atom is 0.243 e. The molecule has 3 amide bonds. The molecule has 1 aliphatic rings. The zero-order valence-corrected chi connectivity index (χ0v) is 17.2. The Bertz CT molecular complexity index is 901. The fraction of sp³-hybridized carbons (Fsp3) is 0.429. The molecular formula is C21H27N5O3. The number of carbonyl (C=O) groups is 3. The number of anilines is 1. The number of likely N-dealkylation sites (tertiary alicyclic amines) is 1. The van der Waals surface area contributed by atoms with Crippen LogP contribution in [0.2, 0.25) is 0 Å². The molecule has 2 aromatic rings. The van der Waals surface area contributed by atoms with Crippen molar-refractivity contribution in [2.24, 2.45) is 13.0 Å². The summed E-state index contributed by atoms with van der Waals surface area (Å²) in [4.78, 5) is 39.6. The van der Waals surface area contributed by atoms with Crippen molar-refractivity contribution in [2.75, 3.05) is 11.9 Å². The highest BCUT2D eigenvalue weighted by Crippen LogP contribution is 2.42. The Morgan fingerprint density at radius 3 is 2.48 bits per heavy atom. The third-order valence-corrected chi connectivity index (χ3v) is 4.93. The van der Waals surface area contributed by atoms with Crippen LogP contribution < -0.4 is 10.6 Å². The van der Waals surface area contributed by atoms with Crippen molar-refractivity contribution in [2.45, 2.75) is 38.8 Å². The molecule has 154 valence electrons. The Hall–Kier alpha value is -3.16. The van der Waals surface area contributed by atoms with Crippen LogP contribution in [-0.2, 0) is 21.4 Å². The van der Waals surface area contributed by atoms with Gasteiger partial charge in [0.1, 0.15) is 0 Å². The number of nitrogens with one attached hydrogen (secondary N) is 2. The van der Waals surface area contributed by atoms with Crippen LogP contribution in [0.3, 0.4) is 0 Å². The quantitative estimate of drug-likeness (QED) is 0.805. The molecule has 1 aromatic heterocycles. The Morgan fingerprint density at radius 2 is 1.90 bits per heavy atom. The van der Waals surface area contributed by atoms with E-state index in [0.717, 1.165) is 5.56 Å². The number of nitrogens with zero attached hydrogens (tertiary/aromatic N) is 3. The Kier molecular flexibility index (Phi) is 5.72. The SMILES string of the molecule is Cn1cc([C@H]2[C@@H](C(=O)NCC(=O)Nc3ccccc3)CC(=O)N2C(C)(C)C)cn1. The van der Waals surface area contributed by atoms with Crippen LogP contribution in [0.15, 0.2) is 42.7 Å². The molecule has 0 spiro atoms. The van der Waals surface area contributed by atoms with Crippen molar-refractivity contribution in [3.63, 3.8) is 0 Å². The van der Waals surface area contributed by atoms with Gasteiger partial charge in [-0.25, -0.2) is 0 Å². The van der Waals surface area contributed by atoms with Gasteiger partial charge in [-0.1, -0.05) is 18.2 Å². The first kappa shape index (κ1) is 20.6. The molecule has 29 heavy (non-hydrogen) atoms. The summed E-state index contributed by atoms with van der Waals surface area (Å²) in [5.41, 5.74) is 1.02. The van der Waals surface area contributed by atoms with Crippen LogP contribution >= 0.6 is 0 Å². The van der Waals surface area contributed by atoms with Crippen molar-refractivity contribution in [3.05, 3.63) is 48.3 Å². The molecule has 0 aliphatic carbocycles. The average Bonchev–Trinajstić information content (AvgIpc) is 3.23. The minimum absolute atomic E-state index is 0.0831. The molecule has 2 heterocycles. The standard InChI is InChI=1S/C21H27N5O3/c1-21(2,3)26-18(28)10-16(19(26)14-11-23-25(4)13-14)20(29)22-12-17(27)24-15-8-6-5-7-9-15/h5-9,11,13,16,19H,10,12H2,1-4H3,(H,22,29)(H,24,27)/t16-,19-/m0/s1. The maximum absolute atomic E-state index is 12.9. The van der Waals surface area contributed by atoms with E-state index in [0.29, 0.717) is 5.69 Å². The molecule has 8 heteroatoms. The summed E-state index contributed by atoms with van der Waals surface area (Å²) in [6.45, 7) is 5.68. The van der Waals surface area contributed by atoms with E-state index in [1.807, 2.05) is 45.2 Å². The summed E-state index contributed by atoms with van der Waals surface area (Å²) >= 11 is 0. The van der Waals surface area contributed by atoms with Gasteiger partial charge in [-0.2, -0.15) is 5.10 Å². The fourth-order valence-electron chi connectivity index (χ4n) is 3.76. The van der Waals surface area contributed by atoms with Crippen LogP contribution in [0.25, 0.3) is 0 Å². The van der Waals surface area contributed by atoms with Gasteiger partial charge in [0.25, 0.3) is 0 Å². The van der Waals surface area contributed by atoms with Crippen molar-refractivity contribution >= 4 is 23.4 Å². The first-order valence-electron chi connectivity index (χ1n) is 9.60. The van der Waals surface area contributed by atoms with Crippen LogP contribution in [0, 0.1) is 5.92 Å². The Balaban J connectivity index is 1.72. The lowest BCUT2D eigenvalue weighted by atomic mass is 9.92. The second-order valence-electron chi connectivity index (χ2n) is 8.27. The van der Waals surface area contributed by atoms with E-state index in [9.17, 15) is 14.4 Å². The number of benzene rings is 1. The molecule has 1 fully saturated rings. The van der Waals surface area contributed by atoms with Gasteiger partial charge in [0.15, 0.2) is 0 Å². The minimum Gasteiger partial charge on any atom is -0.347 e. The smallest absolute Gasteiger partial charge is 0.243 e. The van der Waals surface area contributed by atoms with E-state index < -0.39 is 17.5 Å². The summed E-state index contributed by atoms with van der Waals surface area (Å²) in [5.74, 6) is -1.31. The highest BCUT2D eigenvalue weighted by atomic mass is 16.2. The average molecular weight is 397 g/mol. The van der Waals surface area contributed by atoms with Crippen LogP contribution in [0.4, 0.5) is 5.69 Å². The maximum atomic E-state index is 12.9. The molecule has 0 unspecified atom stereocenters. The Labute approximate surface area is 170 Å². The zero-order chi connectivity index (χ0) is 21.2. The van der Waals surface area contributed by atoms with Crippen LogP contribution in [-0.4, -0.2) is 44.5 Å². The molecule has 8 nitrogen and oxygen atoms in total. The number of aromatic nitrogens is 2. The van der Waals surface area contributed by atoms with Gasteiger partial charge in [-0.05, 0) is 32.9 Å². The van der Waals surface area contributed by atoms with E-state index in [4.69, 9.17) is 0 Å². The number of hydrogen-bond acceptors (Lipinski definition) is 4. The van der Waals surface area contributed by atoms with Gasteiger partial charge in [-0.15, -0.1) is 0 Å². The zero-order valence-electron chi connectivity index (χ0n) is 17.2. The second-order valence-corrected chi connectivity index (χ2v) is 8.27. The van der Waals surface area contributed by atoms with Crippen molar-refractivity contribution in [3.8, 4) is 0 Å². The molecule has 1 saturated heterocycles. The number of carbonyl (C=O) groups excluding carboxylic acids is 3. The largest absolute Gasteiger partial charge is 0.347 e. The highest BCUT2D eigenvalue weighted by molar-refractivity contribution is 5.96. The molecule has 0 bridgehead atoms. The summed E-state index contributed by atoms with van der Waals surface area (Å²) in [7, 11) is 1.80. The van der Waals surface area contributed by atoms with Gasteiger partial charge in [0.2, 0.25) is 17.7 Å². The second kappa shape index (κ2) is 8.06. The summed E-state index contributed by atoms with van der Waals surface area (Å²) in [5, 5.41) is 9.62. The van der Waals surface area contributed by atoms with Gasteiger partial charge in [0.05, 0.1) is 24.7 Å². The molecule has 2 atom stereocenters. The topological polar surface area (TPSA) is 96.3 Å². The van der Waals surface area contributed by atoms with Crippen LogP contribution in [0.1, 0.15) is 38.8 Å². The van der Waals surface area contributed by atoms with Crippen molar-refractivity contribution < 1.29 is 14.4 Å². The molecule has 1 aromatic carbocycles. The first-order chi connectivity index (χ1) is 13.7. The molecule has 1 aliphatic heterocycles. The van der Waals surface area contributed by atoms with Gasteiger partial charge < -0.3 is 15.5 Å². The molecule has 0 saturated carbocycles. The highest BCUT2D eigenvalue weighted by Gasteiger charge is 2.48. The number of rotatable bonds is 5. The normalized spacial score (nSPS) is 19.3. The lowest BCUT2D eigenvalue weighted by Crippen LogP contribution is -2.45. The van der Waals surface area contributed by atoms with E-state index in [2.05, 4.69) is 15.7 Å². The predicted octanol–water partition coefficient (Wildman–Crippen LogP) is 1.86. The van der Waals surface area contributed by atoms with E-state index in [1.165, 1.54) is 0 Å². The van der Waals surface area contributed by atoms with Crippen molar-refractivity contribution in [1.29, 1.82) is 0 Å². The lowest BCUT2D eigenvalue weighted by molar-refractivity contribution is -0.133. The molecular weight excluding hydrogens is 370 g/mol. The van der Waals surface area contributed by atoms with E-state index in [1.54, 1.807) is 35.0 Å². The Morgan fingerprint density at radius 1 is 1.21 bits per heavy atom. The van der Waals surface area contributed by atoms with Gasteiger partial charge in [-0.3, -0.25) is 19.1 Å². The number of hydrogen-bond donors (Lipinski definition) is 2. The third kappa shape index (κ3) is 4.64. The predicted molar refractivity (Wildman–Crippen MR) is 109 cm³/mol. The molecule has 2 N–H and O–H groups in total. The monoisotopic (exact) mass is 397 g/mol. The van der Waals surface area contributed by atoms with E-state index >= 15 is 0 Å². The fourth-order valence-corrected chi connectivity index (χ4v) is 3.76. The van der Waals surface area contributed by atoms with Gasteiger partial charge >= 0.3 is 0 Å². The number of amides is 3. The van der Waals surface area contributed by atoms with E-state index in [-0.39, 0.29) is 30.7 Å². The van der Waals surface area contributed by atoms with Crippen LogP contribution in [0.5, 0.6) is 0 Å². The van der Waals surface area contributed by atoms with Gasteiger partial charge in [0, 0.05) is 36.5 Å². The lowest BCUT2D eigenvalue weighted by Gasteiger charge is -2.38.